The van der Waals surface area contributed by atoms with Crippen molar-refractivity contribution in [3.63, 3.8) is 0 Å². The van der Waals surface area contributed by atoms with Crippen LogP contribution in [0.3, 0.4) is 0 Å². The average molecular weight is 368 g/mol. The number of rotatable bonds is 3. The zero-order valence-electron chi connectivity index (χ0n) is 11.6. The molecule has 2 aromatic rings. The number of hydrogen-bond acceptors (Lipinski definition) is 6. The molecule has 1 aliphatic heterocycles. The second kappa shape index (κ2) is 5.27. The molecule has 124 valence electrons. The first kappa shape index (κ1) is 16.4. The van der Waals surface area contributed by atoms with E-state index in [2.05, 4.69) is 10.2 Å². The molecule has 1 aliphatic rings. The van der Waals surface area contributed by atoms with Crippen LogP contribution in [0.4, 0.5) is 0 Å². The van der Waals surface area contributed by atoms with E-state index < -0.39 is 41.5 Å². The molecule has 0 saturated carbocycles. The van der Waals surface area contributed by atoms with Crippen LogP contribution < -0.4 is 0 Å². The minimum absolute atomic E-state index is 0.171. The summed E-state index contributed by atoms with van der Waals surface area (Å²) in [6.07, 6.45) is 0.951. The van der Waals surface area contributed by atoms with Gasteiger partial charge < -0.3 is 0 Å². The van der Waals surface area contributed by atoms with Gasteiger partial charge in [-0.25, -0.2) is 0 Å². The molecule has 1 heterocycles. The number of nitrogens with zero attached hydrogens (tertiary/aromatic N) is 2. The molecule has 24 heavy (non-hydrogen) atoms. The zero-order chi connectivity index (χ0) is 17.7. The van der Waals surface area contributed by atoms with Gasteiger partial charge in [-0.1, -0.05) is 24.3 Å². The van der Waals surface area contributed by atoms with Crippen molar-refractivity contribution in [2.24, 2.45) is 10.2 Å². The molecular formula is C13H8N2O7S2. The molecule has 0 saturated heterocycles. The van der Waals surface area contributed by atoms with E-state index in [1.807, 2.05) is 0 Å². The van der Waals surface area contributed by atoms with Crippen LogP contribution in [0.2, 0.25) is 0 Å². The van der Waals surface area contributed by atoms with Crippen molar-refractivity contribution in [2.75, 3.05) is 0 Å². The van der Waals surface area contributed by atoms with Gasteiger partial charge in [-0.15, -0.1) is 5.11 Å². The van der Waals surface area contributed by atoms with E-state index in [0.29, 0.717) is 0 Å². The van der Waals surface area contributed by atoms with E-state index >= 15 is 0 Å². The normalized spacial score (nSPS) is 15.1. The van der Waals surface area contributed by atoms with Gasteiger partial charge in [0.1, 0.15) is 9.79 Å². The highest BCUT2D eigenvalue weighted by Crippen LogP contribution is 2.38. The van der Waals surface area contributed by atoms with Gasteiger partial charge in [0.25, 0.3) is 26.1 Å². The number of benzene rings is 2. The molecule has 2 aromatic carbocycles. The van der Waals surface area contributed by atoms with Crippen molar-refractivity contribution in [2.45, 2.75) is 9.79 Å². The first-order chi connectivity index (χ1) is 11.1. The van der Waals surface area contributed by atoms with Gasteiger partial charge in [-0.05, 0) is 16.8 Å². The summed E-state index contributed by atoms with van der Waals surface area (Å²) in [5, 5.41) is 6.99. The van der Waals surface area contributed by atoms with Crippen molar-refractivity contribution < 1.29 is 30.7 Å². The number of hydrogen-bond donors (Lipinski definition) is 2. The van der Waals surface area contributed by atoms with Gasteiger partial charge in [0.2, 0.25) is 0 Å². The van der Waals surface area contributed by atoms with Crippen molar-refractivity contribution >= 4 is 42.5 Å². The molecule has 0 aromatic heterocycles. The Kier molecular flexibility index (Phi) is 3.60. The fourth-order valence-electron chi connectivity index (χ4n) is 2.44. The molecule has 0 bridgehead atoms. The van der Waals surface area contributed by atoms with Crippen molar-refractivity contribution in [3.05, 3.63) is 42.1 Å². The molecule has 0 atom stereocenters. The van der Waals surface area contributed by atoms with Gasteiger partial charge in [-0.2, -0.15) is 21.9 Å². The molecule has 0 aliphatic carbocycles. The Bertz CT molecular complexity index is 1160. The van der Waals surface area contributed by atoms with E-state index in [1.54, 1.807) is 6.07 Å². The lowest BCUT2D eigenvalue weighted by molar-refractivity contribution is -0.112. The quantitative estimate of drug-likeness (QED) is 0.782. The van der Waals surface area contributed by atoms with Gasteiger partial charge in [0, 0.05) is 5.56 Å². The zero-order valence-corrected chi connectivity index (χ0v) is 13.2. The molecule has 3 rings (SSSR count). The highest BCUT2D eigenvalue weighted by atomic mass is 32.2. The van der Waals surface area contributed by atoms with Crippen molar-refractivity contribution in [3.8, 4) is 0 Å². The Morgan fingerprint density at radius 1 is 0.958 bits per heavy atom. The topological polar surface area (TPSA) is 151 Å². The summed E-state index contributed by atoms with van der Waals surface area (Å²) in [6.45, 7) is 0. The highest BCUT2D eigenvalue weighted by molar-refractivity contribution is 7.89. The average Bonchev–Trinajstić information content (AvgIpc) is 2.89. The fourth-order valence-corrected chi connectivity index (χ4v) is 4.47. The van der Waals surface area contributed by atoms with Crippen LogP contribution in [0.15, 0.2) is 56.6 Å². The number of fused-ring (bicyclic) bond motifs is 1. The Labute approximate surface area is 135 Å². The van der Waals surface area contributed by atoms with Crippen LogP contribution in [-0.2, 0) is 25.0 Å². The highest BCUT2D eigenvalue weighted by Gasteiger charge is 2.33. The molecule has 11 heteroatoms. The molecule has 0 spiro atoms. The van der Waals surface area contributed by atoms with Crippen LogP contribution >= 0.6 is 0 Å². The second-order valence-electron chi connectivity index (χ2n) is 4.81. The predicted octanol–water partition coefficient (Wildman–Crippen LogP) is 1.67. The number of azo groups is 1. The lowest BCUT2D eigenvalue weighted by Crippen LogP contribution is -2.13. The third kappa shape index (κ3) is 2.63. The largest absolute Gasteiger partial charge is 0.297 e. The van der Waals surface area contributed by atoms with Crippen molar-refractivity contribution in [1.82, 2.24) is 0 Å². The Hall–Kier alpha value is -2.47. The molecule has 2 N–H and O–H groups in total. The van der Waals surface area contributed by atoms with Crippen LogP contribution in [0.25, 0.3) is 16.3 Å². The maximum atomic E-state index is 11.8. The number of carbonyl (C=O) groups is 1. The summed E-state index contributed by atoms with van der Waals surface area (Å²) in [5.74, 6) is -0.905. The molecule has 9 nitrogen and oxygen atoms in total. The van der Waals surface area contributed by atoms with Crippen LogP contribution in [0, 0.1) is 0 Å². The fraction of sp³-hybridized carbons (Fsp3) is 0. The molecule has 1 amide bonds. The Morgan fingerprint density at radius 2 is 1.62 bits per heavy atom. The summed E-state index contributed by atoms with van der Waals surface area (Å²) in [6, 6.07) is 6.86. The van der Waals surface area contributed by atoms with Crippen molar-refractivity contribution in [1.29, 1.82) is 0 Å². The van der Waals surface area contributed by atoms with E-state index in [4.69, 9.17) is 0 Å². The third-order valence-corrected chi connectivity index (χ3v) is 5.29. The minimum Gasteiger partial charge on any atom is -0.282 e. The van der Waals surface area contributed by atoms with Crippen LogP contribution in [0.1, 0.15) is 5.56 Å². The monoisotopic (exact) mass is 368 g/mol. The lowest BCUT2D eigenvalue weighted by atomic mass is 9.98. The Balaban J connectivity index is 2.63. The maximum absolute atomic E-state index is 11.8. The van der Waals surface area contributed by atoms with Gasteiger partial charge in [0.05, 0.1) is 11.8 Å². The lowest BCUT2D eigenvalue weighted by Gasteiger charge is -2.14. The molecule has 0 radical (unpaired) electrons. The molecule has 0 unspecified atom stereocenters. The minimum atomic E-state index is -5.12. The summed E-state index contributed by atoms with van der Waals surface area (Å²) in [7, 11) is -10.1. The van der Waals surface area contributed by atoms with E-state index in [0.717, 1.165) is 12.3 Å². The van der Waals surface area contributed by atoms with E-state index in [-0.39, 0.29) is 16.3 Å². The summed E-state index contributed by atoms with van der Waals surface area (Å²) >= 11 is 0. The number of amides is 1. The maximum Gasteiger partial charge on any atom is 0.297 e. The SMILES string of the molecule is O=C1N=NC=C1c1c(S(=O)(=O)O)c(S(=O)(=O)O)cc2ccccc12. The Morgan fingerprint density at radius 3 is 2.17 bits per heavy atom. The molecule has 0 fully saturated rings. The number of carbonyl (C=O) groups excluding carboxylic acids is 1. The van der Waals surface area contributed by atoms with Gasteiger partial charge >= 0.3 is 0 Å². The second-order valence-corrected chi connectivity index (χ2v) is 7.56. The molecular weight excluding hydrogens is 360 g/mol. The van der Waals surface area contributed by atoms with E-state index in [1.165, 1.54) is 18.2 Å². The first-order valence-electron chi connectivity index (χ1n) is 6.27. The summed E-state index contributed by atoms with van der Waals surface area (Å²) < 4.78 is 65.7. The summed E-state index contributed by atoms with van der Waals surface area (Å²) in [4.78, 5) is 9.70. The van der Waals surface area contributed by atoms with Crippen LogP contribution in [-0.4, -0.2) is 31.8 Å². The van der Waals surface area contributed by atoms with Gasteiger partial charge in [-0.3, -0.25) is 13.9 Å². The third-order valence-electron chi connectivity index (χ3n) is 3.34. The summed E-state index contributed by atoms with van der Waals surface area (Å²) in [5.41, 5.74) is -0.706. The van der Waals surface area contributed by atoms with E-state index in [9.17, 15) is 30.7 Å². The van der Waals surface area contributed by atoms with Crippen LogP contribution in [0.5, 0.6) is 0 Å². The first-order valence-corrected chi connectivity index (χ1v) is 9.15. The smallest absolute Gasteiger partial charge is 0.282 e. The predicted molar refractivity (Wildman–Crippen MR) is 81.4 cm³/mol. The van der Waals surface area contributed by atoms with Gasteiger partial charge in [0.15, 0.2) is 0 Å². The standard InChI is InChI=1S/C13H8N2O7S2/c16-13-9(6-14-15-13)11-8-4-2-1-3-7(8)5-10(23(17,18)19)12(11)24(20,21)22/h1-6H,(H,17,18,19)(H,20,21,22).